The largest absolute Gasteiger partial charge is 0.459 e. The number of para-hydroxylation sites is 1. The van der Waals surface area contributed by atoms with Crippen LogP contribution in [0.25, 0.3) is 11.0 Å². The highest BCUT2D eigenvalue weighted by molar-refractivity contribution is 5.88. The maximum atomic E-state index is 13.1. The molecule has 1 aliphatic carbocycles. The summed E-state index contributed by atoms with van der Waals surface area (Å²) in [5.41, 5.74) is 0.849. The van der Waals surface area contributed by atoms with Gasteiger partial charge in [-0.2, -0.15) is 0 Å². The lowest BCUT2D eigenvalue weighted by molar-refractivity contribution is -0.143. The van der Waals surface area contributed by atoms with Crippen LogP contribution in [0.15, 0.2) is 34.7 Å². The molecule has 2 heterocycles. The first-order chi connectivity index (χ1) is 11.6. The Labute approximate surface area is 141 Å². The van der Waals surface area contributed by atoms with Crippen molar-refractivity contribution in [3.8, 4) is 0 Å². The first kappa shape index (κ1) is 15.2. The zero-order valence-electron chi connectivity index (χ0n) is 13.9. The molecule has 1 aromatic carbocycles. The van der Waals surface area contributed by atoms with E-state index in [0.29, 0.717) is 19.1 Å². The molecule has 0 radical (unpaired) electrons. The summed E-state index contributed by atoms with van der Waals surface area (Å²) in [5.74, 6) is 0.875. The predicted octanol–water partition coefficient (Wildman–Crippen LogP) is 2.93. The molecule has 2 fully saturated rings. The Kier molecular flexibility index (Phi) is 3.79. The van der Waals surface area contributed by atoms with Crippen molar-refractivity contribution in [1.82, 2.24) is 9.80 Å². The minimum atomic E-state index is -0.299. The Morgan fingerprint density at radius 2 is 2.04 bits per heavy atom. The monoisotopic (exact) mass is 326 g/mol. The third-order valence-corrected chi connectivity index (χ3v) is 5.02. The van der Waals surface area contributed by atoms with Crippen LogP contribution >= 0.6 is 0 Å². The average Bonchev–Trinajstić information content (AvgIpc) is 3.13. The van der Waals surface area contributed by atoms with Crippen molar-refractivity contribution in [2.45, 2.75) is 51.2 Å². The standard InChI is InChI=1S/C19H22N2O3/c1-13(22)20-10-4-6-17(20)19(23)21(15-8-9-15)12-16-11-14-5-2-3-7-18(14)24-16/h2-3,5,7,11,15,17H,4,6,8-10,12H2,1H3/t17-/m0/s1. The topological polar surface area (TPSA) is 53.8 Å². The van der Waals surface area contributed by atoms with Crippen molar-refractivity contribution >= 4 is 22.8 Å². The van der Waals surface area contributed by atoms with E-state index in [2.05, 4.69) is 0 Å². The van der Waals surface area contributed by atoms with Crippen LogP contribution in [-0.4, -0.2) is 40.2 Å². The molecule has 2 aromatic rings. The molecule has 2 aliphatic rings. The van der Waals surface area contributed by atoms with Crippen molar-refractivity contribution in [3.63, 3.8) is 0 Å². The number of fused-ring (bicyclic) bond motifs is 1. The number of carbonyl (C=O) groups excluding carboxylic acids is 2. The van der Waals surface area contributed by atoms with Gasteiger partial charge < -0.3 is 14.2 Å². The van der Waals surface area contributed by atoms with Crippen molar-refractivity contribution in [2.24, 2.45) is 0 Å². The lowest BCUT2D eigenvalue weighted by Crippen LogP contribution is -2.47. The number of amides is 2. The molecular formula is C19H22N2O3. The zero-order valence-corrected chi connectivity index (χ0v) is 13.9. The summed E-state index contributed by atoms with van der Waals surface area (Å²) in [4.78, 5) is 28.5. The minimum Gasteiger partial charge on any atom is -0.459 e. The van der Waals surface area contributed by atoms with Gasteiger partial charge in [0.25, 0.3) is 0 Å². The number of nitrogens with zero attached hydrogens (tertiary/aromatic N) is 2. The van der Waals surface area contributed by atoms with Gasteiger partial charge in [0, 0.05) is 24.9 Å². The SMILES string of the molecule is CC(=O)N1CCC[C@H]1C(=O)N(Cc1cc2ccccc2o1)C1CC1. The lowest BCUT2D eigenvalue weighted by Gasteiger charge is -2.29. The van der Waals surface area contributed by atoms with E-state index in [-0.39, 0.29) is 17.9 Å². The highest BCUT2D eigenvalue weighted by Gasteiger charge is 2.40. The quantitative estimate of drug-likeness (QED) is 0.868. The highest BCUT2D eigenvalue weighted by Crippen LogP contribution is 2.32. The van der Waals surface area contributed by atoms with Crippen LogP contribution in [0.5, 0.6) is 0 Å². The summed E-state index contributed by atoms with van der Waals surface area (Å²) >= 11 is 0. The second kappa shape index (κ2) is 5.96. The van der Waals surface area contributed by atoms with Gasteiger partial charge in [-0.25, -0.2) is 0 Å². The van der Waals surface area contributed by atoms with Crippen LogP contribution in [0.3, 0.4) is 0 Å². The molecule has 0 spiro atoms. The molecule has 126 valence electrons. The first-order valence-corrected chi connectivity index (χ1v) is 8.68. The van der Waals surface area contributed by atoms with E-state index in [4.69, 9.17) is 4.42 Å². The summed E-state index contributed by atoms with van der Waals surface area (Å²) in [6.45, 7) is 2.72. The number of carbonyl (C=O) groups is 2. The number of hydrogen-bond acceptors (Lipinski definition) is 3. The fourth-order valence-corrected chi connectivity index (χ4v) is 3.65. The van der Waals surface area contributed by atoms with E-state index in [1.807, 2.05) is 35.2 Å². The summed E-state index contributed by atoms with van der Waals surface area (Å²) in [6, 6.07) is 9.89. The van der Waals surface area contributed by atoms with Gasteiger partial charge in [-0.05, 0) is 37.8 Å². The Hall–Kier alpha value is -2.30. The Morgan fingerprint density at radius 1 is 1.25 bits per heavy atom. The molecule has 1 saturated heterocycles. The molecule has 2 amide bonds. The van der Waals surface area contributed by atoms with Crippen LogP contribution in [0.4, 0.5) is 0 Å². The summed E-state index contributed by atoms with van der Waals surface area (Å²) in [7, 11) is 0. The lowest BCUT2D eigenvalue weighted by atomic mass is 10.1. The van der Waals surface area contributed by atoms with Gasteiger partial charge in [-0.15, -0.1) is 0 Å². The fraction of sp³-hybridized carbons (Fsp3) is 0.474. The van der Waals surface area contributed by atoms with Crippen molar-refractivity contribution < 1.29 is 14.0 Å². The van der Waals surface area contributed by atoms with Crippen LogP contribution in [0, 0.1) is 0 Å². The molecule has 4 rings (SSSR count). The van der Waals surface area contributed by atoms with Crippen molar-refractivity contribution in [1.29, 1.82) is 0 Å². The van der Waals surface area contributed by atoms with Crippen LogP contribution in [-0.2, 0) is 16.1 Å². The van der Waals surface area contributed by atoms with Crippen LogP contribution < -0.4 is 0 Å². The van der Waals surface area contributed by atoms with E-state index in [1.54, 1.807) is 11.8 Å². The van der Waals surface area contributed by atoms with Gasteiger partial charge in [0.2, 0.25) is 11.8 Å². The third-order valence-electron chi connectivity index (χ3n) is 5.02. The van der Waals surface area contributed by atoms with Gasteiger partial charge in [-0.1, -0.05) is 18.2 Å². The Balaban J connectivity index is 1.56. The Morgan fingerprint density at radius 3 is 2.75 bits per heavy atom. The summed E-state index contributed by atoms with van der Waals surface area (Å²) in [5, 5.41) is 1.06. The van der Waals surface area contributed by atoms with E-state index in [1.165, 1.54) is 0 Å². The molecule has 5 heteroatoms. The van der Waals surface area contributed by atoms with Crippen molar-refractivity contribution in [3.05, 3.63) is 36.1 Å². The molecule has 0 unspecified atom stereocenters. The molecule has 1 aromatic heterocycles. The molecule has 24 heavy (non-hydrogen) atoms. The zero-order chi connectivity index (χ0) is 16.7. The highest BCUT2D eigenvalue weighted by atomic mass is 16.3. The smallest absolute Gasteiger partial charge is 0.246 e. The number of likely N-dealkylation sites (tertiary alicyclic amines) is 1. The van der Waals surface area contributed by atoms with E-state index in [0.717, 1.165) is 42.4 Å². The normalized spacial score (nSPS) is 20.5. The molecule has 1 saturated carbocycles. The predicted molar refractivity (Wildman–Crippen MR) is 90.2 cm³/mol. The van der Waals surface area contributed by atoms with Crippen molar-refractivity contribution in [2.75, 3.05) is 6.54 Å². The second-order valence-corrected chi connectivity index (χ2v) is 6.82. The van der Waals surface area contributed by atoms with Gasteiger partial charge >= 0.3 is 0 Å². The summed E-state index contributed by atoms with van der Waals surface area (Å²) < 4.78 is 5.89. The van der Waals surface area contributed by atoms with Gasteiger partial charge in [0.1, 0.15) is 17.4 Å². The number of rotatable bonds is 4. The van der Waals surface area contributed by atoms with Crippen LogP contribution in [0.1, 0.15) is 38.4 Å². The molecule has 1 aliphatic heterocycles. The summed E-state index contributed by atoms with van der Waals surface area (Å²) in [6.07, 6.45) is 3.75. The number of benzene rings is 1. The average molecular weight is 326 g/mol. The molecule has 1 atom stereocenters. The molecule has 0 bridgehead atoms. The third kappa shape index (κ3) is 2.79. The Bertz CT molecular complexity index is 745. The second-order valence-electron chi connectivity index (χ2n) is 6.82. The van der Waals surface area contributed by atoms with Gasteiger partial charge in [0.05, 0.1) is 6.54 Å². The molecule has 0 N–H and O–H groups in total. The van der Waals surface area contributed by atoms with Gasteiger partial charge in [-0.3, -0.25) is 9.59 Å². The van der Waals surface area contributed by atoms with E-state index >= 15 is 0 Å². The van der Waals surface area contributed by atoms with Crippen LogP contribution in [0.2, 0.25) is 0 Å². The molecule has 5 nitrogen and oxygen atoms in total. The minimum absolute atomic E-state index is 0.00895. The van der Waals surface area contributed by atoms with E-state index < -0.39 is 0 Å². The maximum Gasteiger partial charge on any atom is 0.246 e. The first-order valence-electron chi connectivity index (χ1n) is 8.68. The number of hydrogen-bond donors (Lipinski definition) is 0. The van der Waals surface area contributed by atoms with Gasteiger partial charge in [0.15, 0.2) is 0 Å². The fourth-order valence-electron chi connectivity index (χ4n) is 3.65. The van der Waals surface area contributed by atoms with E-state index in [9.17, 15) is 9.59 Å². The molecular weight excluding hydrogens is 304 g/mol. The number of furan rings is 1. The maximum absolute atomic E-state index is 13.1.